The van der Waals surface area contributed by atoms with E-state index in [1.165, 1.54) is 0 Å². The molecule has 2 aromatic carbocycles. The molecule has 29 heavy (non-hydrogen) atoms. The number of carboxylic acid groups (broad SMARTS) is 1. The van der Waals surface area contributed by atoms with Gasteiger partial charge in [-0.3, -0.25) is 9.59 Å². The Bertz CT molecular complexity index is 1130. The molecule has 0 bridgehead atoms. The van der Waals surface area contributed by atoms with E-state index in [-0.39, 0.29) is 17.8 Å². The van der Waals surface area contributed by atoms with Gasteiger partial charge >= 0.3 is 5.97 Å². The first-order valence-electron chi connectivity index (χ1n) is 8.54. The molecule has 1 unspecified atom stereocenters. The second-order valence-corrected chi connectivity index (χ2v) is 6.87. The summed E-state index contributed by atoms with van der Waals surface area (Å²) in [5.74, 6) is -5.89. The van der Waals surface area contributed by atoms with Crippen LogP contribution in [0.3, 0.4) is 0 Å². The van der Waals surface area contributed by atoms with Crippen molar-refractivity contribution in [3.05, 3.63) is 77.6 Å². The van der Waals surface area contributed by atoms with E-state index in [1.807, 2.05) is 0 Å². The molecular weight excluding hydrogens is 400 g/mol. The zero-order chi connectivity index (χ0) is 20.7. The van der Waals surface area contributed by atoms with E-state index in [9.17, 15) is 23.5 Å². The molecule has 0 spiro atoms. The van der Waals surface area contributed by atoms with Crippen molar-refractivity contribution in [2.24, 2.45) is 5.92 Å². The Labute approximate surface area is 169 Å². The van der Waals surface area contributed by atoms with Crippen LogP contribution in [0.5, 0.6) is 0 Å². The van der Waals surface area contributed by atoms with E-state index >= 15 is 0 Å². The number of aromatic nitrogens is 2. The summed E-state index contributed by atoms with van der Waals surface area (Å²) in [7, 11) is 0. The zero-order valence-electron chi connectivity index (χ0n) is 14.8. The van der Waals surface area contributed by atoms with Crippen LogP contribution < -0.4 is 4.90 Å². The van der Waals surface area contributed by atoms with Gasteiger partial charge in [0, 0.05) is 12.4 Å². The molecule has 6 nitrogen and oxygen atoms in total. The summed E-state index contributed by atoms with van der Waals surface area (Å²) in [5, 5.41) is 13.5. The Morgan fingerprint density at radius 2 is 1.83 bits per heavy atom. The third kappa shape index (κ3) is 3.19. The minimum atomic E-state index is -1.75. The van der Waals surface area contributed by atoms with Crippen molar-refractivity contribution < 1.29 is 23.5 Å². The van der Waals surface area contributed by atoms with Gasteiger partial charge in [-0.1, -0.05) is 24.4 Å². The number of nitrogens with zero attached hydrogens (tertiary/aromatic N) is 3. The van der Waals surface area contributed by atoms with Gasteiger partial charge in [-0.25, -0.2) is 13.5 Å². The van der Waals surface area contributed by atoms with Gasteiger partial charge in [-0.2, -0.15) is 5.10 Å². The van der Waals surface area contributed by atoms with Crippen LogP contribution in [-0.4, -0.2) is 31.6 Å². The summed E-state index contributed by atoms with van der Waals surface area (Å²) < 4.78 is 30.6. The number of hydrogen-bond acceptors (Lipinski definition) is 4. The first kappa shape index (κ1) is 18.9. The highest BCUT2D eigenvalue weighted by atomic mass is 32.1. The van der Waals surface area contributed by atoms with Crippen molar-refractivity contribution in [1.29, 1.82) is 0 Å². The number of rotatable bonds is 4. The molecule has 1 aliphatic rings. The molecule has 1 aliphatic heterocycles. The third-order valence-corrected chi connectivity index (χ3v) is 5.10. The fourth-order valence-electron chi connectivity index (χ4n) is 3.29. The van der Waals surface area contributed by atoms with E-state index < -0.39 is 34.3 Å². The van der Waals surface area contributed by atoms with E-state index in [1.54, 1.807) is 47.4 Å². The van der Waals surface area contributed by atoms with Crippen LogP contribution in [0.4, 0.5) is 14.5 Å². The summed E-state index contributed by atoms with van der Waals surface area (Å²) in [6.45, 7) is -0.141. The standard InChI is InChI=1S/C20H13F2N3O3S/c21-13-6-7-14(22)17-15(13)18(29)16(20(27)28)19(26)24(17)10-11-2-4-12(5-3-11)25-9-1-8-23-25/h1-9,16H,10H2,(H,27,28). The van der Waals surface area contributed by atoms with Gasteiger partial charge in [-0.15, -0.1) is 0 Å². The molecule has 0 radical (unpaired) electrons. The summed E-state index contributed by atoms with van der Waals surface area (Å²) >= 11 is 5.02. The maximum atomic E-state index is 14.5. The second kappa shape index (κ2) is 7.17. The van der Waals surface area contributed by atoms with Crippen molar-refractivity contribution >= 4 is 34.6 Å². The van der Waals surface area contributed by atoms with Crippen LogP contribution in [0, 0.1) is 17.6 Å². The largest absolute Gasteiger partial charge is 0.480 e. The van der Waals surface area contributed by atoms with Crippen molar-refractivity contribution in [3.8, 4) is 5.69 Å². The minimum Gasteiger partial charge on any atom is -0.480 e. The summed E-state index contributed by atoms with van der Waals surface area (Å²) in [6, 6.07) is 10.4. The number of halogens is 2. The summed E-state index contributed by atoms with van der Waals surface area (Å²) in [5.41, 5.74) is 0.667. The number of hydrogen-bond donors (Lipinski definition) is 1. The number of amides is 1. The maximum Gasteiger partial charge on any atom is 0.321 e. The number of anilines is 1. The molecule has 1 N–H and O–H groups in total. The van der Waals surface area contributed by atoms with Gasteiger partial charge in [0.15, 0.2) is 5.92 Å². The van der Waals surface area contributed by atoms with Gasteiger partial charge < -0.3 is 10.0 Å². The van der Waals surface area contributed by atoms with Gasteiger partial charge in [0.2, 0.25) is 5.91 Å². The third-order valence-electron chi connectivity index (χ3n) is 4.66. The lowest BCUT2D eigenvalue weighted by Gasteiger charge is -2.33. The molecule has 1 amide bonds. The average Bonchev–Trinajstić information content (AvgIpc) is 3.22. The molecule has 9 heteroatoms. The number of carbonyl (C=O) groups excluding carboxylic acids is 1. The summed E-state index contributed by atoms with van der Waals surface area (Å²) in [6.07, 6.45) is 3.39. The Hall–Kier alpha value is -3.46. The number of benzene rings is 2. The number of carboxylic acids is 1. The van der Waals surface area contributed by atoms with Crippen LogP contribution >= 0.6 is 12.2 Å². The van der Waals surface area contributed by atoms with Crippen molar-refractivity contribution in [2.75, 3.05) is 4.90 Å². The first-order chi connectivity index (χ1) is 13.9. The zero-order valence-corrected chi connectivity index (χ0v) is 15.6. The molecular formula is C20H13F2N3O3S. The highest BCUT2D eigenvalue weighted by Crippen LogP contribution is 2.36. The van der Waals surface area contributed by atoms with E-state index in [2.05, 4.69) is 5.10 Å². The molecule has 4 rings (SSSR count). The van der Waals surface area contributed by atoms with Crippen LogP contribution in [0.25, 0.3) is 5.69 Å². The molecule has 146 valence electrons. The molecule has 1 aromatic heterocycles. The Morgan fingerprint density at radius 3 is 2.45 bits per heavy atom. The molecule has 3 aromatic rings. The quantitative estimate of drug-likeness (QED) is 0.526. The highest BCUT2D eigenvalue weighted by molar-refractivity contribution is 7.81. The number of fused-ring (bicyclic) bond motifs is 1. The fourth-order valence-corrected chi connectivity index (χ4v) is 3.69. The predicted molar refractivity (Wildman–Crippen MR) is 104 cm³/mol. The smallest absolute Gasteiger partial charge is 0.321 e. The lowest BCUT2D eigenvalue weighted by Crippen LogP contribution is -2.48. The van der Waals surface area contributed by atoms with Crippen LogP contribution in [0.15, 0.2) is 54.9 Å². The fraction of sp³-hybridized carbons (Fsp3) is 0.100. The predicted octanol–water partition coefficient (Wildman–Crippen LogP) is 3.12. The van der Waals surface area contributed by atoms with Gasteiger partial charge in [0.25, 0.3) is 0 Å². The van der Waals surface area contributed by atoms with E-state index in [4.69, 9.17) is 12.2 Å². The lowest BCUT2D eigenvalue weighted by molar-refractivity contribution is -0.143. The van der Waals surface area contributed by atoms with Gasteiger partial charge in [0.1, 0.15) is 11.6 Å². The number of thiocarbonyl (C=S) groups is 1. The molecule has 0 saturated heterocycles. The van der Waals surface area contributed by atoms with Crippen molar-refractivity contribution in [1.82, 2.24) is 9.78 Å². The summed E-state index contributed by atoms with van der Waals surface area (Å²) in [4.78, 5) is 24.9. The lowest BCUT2D eigenvalue weighted by atomic mass is 9.90. The Balaban J connectivity index is 1.75. The van der Waals surface area contributed by atoms with E-state index in [0.717, 1.165) is 22.7 Å². The number of carbonyl (C=O) groups is 2. The SMILES string of the molecule is O=C(O)C1C(=O)N(Cc2ccc(-n3cccn3)cc2)c2c(F)ccc(F)c2C1=S. The normalized spacial score (nSPS) is 16.1. The topological polar surface area (TPSA) is 75.4 Å². The van der Waals surface area contributed by atoms with Crippen LogP contribution in [0.2, 0.25) is 0 Å². The van der Waals surface area contributed by atoms with Crippen LogP contribution in [-0.2, 0) is 16.1 Å². The molecule has 0 saturated carbocycles. The van der Waals surface area contributed by atoms with Crippen molar-refractivity contribution in [3.63, 3.8) is 0 Å². The molecule has 1 atom stereocenters. The maximum absolute atomic E-state index is 14.5. The minimum absolute atomic E-state index is 0.141. The second-order valence-electron chi connectivity index (χ2n) is 6.43. The van der Waals surface area contributed by atoms with Gasteiger partial charge in [-0.05, 0) is 35.9 Å². The monoisotopic (exact) mass is 413 g/mol. The van der Waals surface area contributed by atoms with Crippen LogP contribution in [0.1, 0.15) is 11.1 Å². The molecule has 0 fully saturated rings. The molecule has 2 heterocycles. The number of aliphatic carboxylic acids is 1. The van der Waals surface area contributed by atoms with Gasteiger partial charge in [0.05, 0.1) is 28.3 Å². The van der Waals surface area contributed by atoms with Crippen molar-refractivity contribution in [2.45, 2.75) is 6.54 Å². The first-order valence-corrected chi connectivity index (χ1v) is 8.94. The highest BCUT2D eigenvalue weighted by Gasteiger charge is 2.44. The Morgan fingerprint density at radius 1 is 1.14 bits per heavy atom. The Kier molecular flexibility index (Phi) is 4.67. The average molecular weight is 413 g/mol. The van der Waals surface area contributed by atoms with E-state index in [0.29, 0.717) is 5.56 Å². The molecule has 0 aliphatic carbocycles.